The average Bonchev–Trinajstić information content (AvgIpc) is 2.76. The van der Waals surface area contributed by atoms with E-state index in [0.29, 0.717) is 6.54 Å². The minimum Gasteiger partial charge on any atom is -0.469 e. The summed E-state index contributed by atoms with van der Waals surface area (Å²) in [6.07, 6.45) is 5.90. The van der Waals surface area contributed by atoms with Crippen molar-refractivity contribution in [3.8, 4) is 12.3 Å². The Kier molecular flexibility index (Phi) is 7.04. The van der Waals surface area contributed by atoms with E-state index in [0.717, 1.165) is 27.0 Å². The normalized spacial score (nSPS) is 11.5. The Hall–Kier alpha value is -3.10. The molecule has 0 amide bonds. The molecular weight excluding hydrogens is 380 g/mol. The van der Waals surface area contributed by atoms with Gasteiger partial charge in [-0.3, -0.25) is 4.79 Å². The van der Waals surface area contributed by atoms with Crippen LogP contribution in [0.2, 0.25) is 0 Å². The first-order chi connectivity index (χ1) is 14.1. The molecule has 0 spiro atoms. The number of fused-ring (bicyclic) bond motifs is 1. The summed E-state index contributed by atoms with van der Waals surface area (Å²) >= 11 is 1.57. The molecule has 1 atom stereocenters. The number of methoxy groups -OCH3 is 1. The van der Waals surface area contributed by atoms with Gasteiger partial charge >= 0.3 is 5.97 Å². The largest absolute Gasteiger partial charge is 0.469 e. The fourth-order valence-corrected chi connectivity index (χ4v) is 3.94. The highest BCUT2D eigenvalue weighted by Gasteiger charge is 2.20. The fraction of sp³-hybridized carbons (Fsp3) is 0.208. The van der Waals surface area contributed by atoms with Gasteiger partial charge in [0.25, 0.3) is 0 Å². The van der Waals surface area contributed by atoms with Crippen molar-refractivity contribution < 1.29 is 9.53 Å². The quantitative estimate of drug-likeness (QED) is 0.311. The van der Waals surface area contributed by atoms with Crippen molar-refractivity contribution in [1.82, 2.24) is 0 Å². The van der Waals surface area contributed by atoms with E-state index in [1.807, 2.05) is 37.3 Å². The van der Waals surface area contributed by atoms with Gasteiger partial charge in [-0.15, -0.1) is 6.42 Å². The molecule has 1 N–H and O–H groups in total. The smallest absolute Gasteiger partial charge is 0.307 e. The molecule has 0 saturated carbocycles. The number of anilines is 2. The van der Waals surface area contributed by atoms with Crippen molar-refractivity contribution in [1.29, 1.82) is 0 Å². The van der Waals surface area contributed by atoms with E-state index < -0.39 is 0 Å². The first-order valence-corrected chi connectivity index (χ1v) is 10.2. The minimum absolute atomic E-state index is 0.0839. The number of carbonyl (C=O) groups excluding carboxylic acids is 1. The molecule has 0 fully saturated rings. The number of hydrogen-bond donors (Lipinski definition) is 1. The lowest BCUT2D eigenvalue weighted by Crippen LogP contribution is -2.35. The molecule has 0 radical (unpaired) electrons. The molecule has 0 aliphatic rings. The lowest BCUT2D eigenvalue weighted by Gasteiger charge is -2.30. The highest BCUT2D eigenvalue weighted by Crippen LogP contribution is 2.35. The summed E-state index contributed by atoms with van der Waals surface area (Å²) in [6.45, 7) is 2.40. The van der Waals surface area contributed by atoms with E-state index in [2.05, 4.69) is 51.9 Å². The summed E-state index contributed by atoms with van der Waals surface area (Å²) in [5, 5.41) is 2.18. The molecule has 0 aromatic heterocycles. The lowest BCUT2D eigenvalue weighted by molar-refractivity contribution is -0.140. The fourth-order valence-electron chi connectivity index (χ4n) is 3.24. The molecule has 1 unspecified atom stereocenters. The Bertz CT molecular complexity index is 1010. The summed E-state index contributed by atoms with van der Waals surface area (Å²) < 4.78 is 8.29. The van der Waals surface area contributed by atoms with Crippen LogP contribution in [0.15, 0.2) is 71.6 Å². The summed E-state index contributed by atoms with van der Waals surface area (Å²) in [6, 6.07) is 22.4. The number of carbonyl (C=O) groups is 1. The van der Waals surface area contributed by atoms with Crippen molar-refractivity contribution in [2.45, 2.75) is 24.3 Å². The van der Waals surface area contributed by atoms with Gasteiger partial charge in [-0.1, -0.05) is 48.4 Å². The second kappa shape index (κ2) is 9.90. The van der Waals surface area contributed by atoms with Crippen molar-refractivity contribution in [2.24, 2.45) is 0 Å². The average molecular weight is 405 g/mol. The van der Waals surface area contributed by atoms with Gasteiger partial charge in [-0.2, -0.15) is 0 Å². The summed E-state index contributed by atoms with van der Waals surface area (Å²) in [5.74, 6) is 2.47. The van der Waals surface area contributed by atoms with Crippen LogP contribution in [0, 0.1) is 12.3 Å². The third kappa shape index (κ3) is 5.04. The van der Waals surface area contributed by atoms with Gasteiger partial charge < -0.3 is 14.4 Å². The summed E-state index contributed by atoms with van der Waals surface area (Å²) in [4.78, 5) is 15.0. The lowest BCUT2D eigenvalue weighted by atomic mass is 10.0. The van der Waals surface area contributed by atoms with Gasteiger partial charge in [0.05, 0.1) is 25.8 Å². The van der Waals surface area contributed by atoms with Crippen LogP contribution in [0.25, 0.3) is 10.8 Å². The molecule has 0 aliphatic carbocycles. The van der Waals surface area contributed by atoms with E-state index in [1.54, 1.807) is 11.9 Å². The van der Waals surface area contributed by atoms with E-state index >= 15 is 0 Å². The number of ether oxygens (including phenoxy) is 1. The van der Waals surface area contributed by atoms with E-state index in [1.165, 1.54) is 7.11 Å². The Morgan fingerprint density at radius 3 is 2.48 bits per heavy atom. The number of hydrogen-bond acceptors (Lipinski definition) is 5. The molecule has 0 aliphatic heterocycles. The molecule has 3 rings (SSSR count). The molecule has 0 bridgehead atoms. The molecule has 0 heterocycles. The number of esters is 1. The number of nitrogens with zero attached hydrogens (tertiary/aromatic N) is 1. The van der Waals surface area contributed by atoms with E-state index in [4.69, 9.17) is 11.2 Å². The van der Waals surface area contributed by atoms with Gasteiger partial charge in [0.1, 0.15) is 0 Å². The number of benzene rings is 3. The van der Waals surface area contributed by atoms with Crippen molar-refractivity contribution in [3.63, 3.8) is 0 Å². The molecule has 4 nitrogen and oxygen atoms in total. The number of nitrogens with one attached hydrogen (secondary N) is 1. The maximum absolute atomic E-state index is 11.8. The van der Waals surface area contributed by atoms with Crippen molar-refractivity contribution >= 4 is 40.1 Å². The molecule has 0 saturated heterocycles. The number of terminal acetylenes is 1. The van der Waals surface area contributed by atoms with Crippen LogP contribution in [0.4, 0.5) is 11.4 Å². The van der Waals surface area contributed by atoms with Gasteiger partial charge in [0.2, 0.25) is 0 Å². The molecule has 3 aromatic carbocycles. The third-order valence-corrected chi connectivity index (χ3v) is 5.55. The van der Waals surface area contributed by atoms with Crippen LogP contribution in [0.3, 0.4) is 0 Å². The van der Waals surface area contributed by atoms with Gasteiger partial charge in [-0.05, 0) is 43.1 Å². The van der Waals surface area contributed by atoms with E-state index in [-0.39, 0.29) is 18.4 Å². The van der Waals surface area contributed by atoms with Gasteiger partial charge in [0.15, 0.2) is 0 Å². The molecule has 5 heteroatoms. The molecule has 29 heavy (non-hydrogen) atoms. The first kappa shape index (κ1) is 20.6. The third-order valence-electron chi connectivity index (χ3n) is 4.72. The highest BCUT2D eigenvalue weighted by atomic mass is 32.2. The van der Waals surface area contributed by atoms with Crippen LogP contribution in [0.5, 0.6) is 0 Å². The summed E-state index contributed by atoms with van der Waals surface area (Å²) in [7, 11) is 1.40. The van der Waals surface area contributed by atoms with Crippen LogP contribution in [0.1, 0.15) is 13.3 Å². The van der Waals surface area contributed by atoms with Crippen molar-refractivity contribution in [3.05, 3.63) is 66.7 Å². The number of rotatable bonds is 8. The zero-order valence-corrected chi connectivity index (χ0v) is 17.4. The maximum atomic E-state index is 11.8. The zero-order valence-electron chi connectivity index (χ0n) is 16.6. The Morgan fingerprint density at radius 1 is 1.10 bits per heavy atom. The van der Waals surface area contributed by atoms with Crippen molar-refractivity contribution in [2.75, 3.05) is 23.3 Å². The van der Waals surface area contributed by atoms with Crippen LogP contribution >= 0.6 is 11.9 Å². The molecule has 148 valence electrons. The second-order valence-corrected chi connectivity index (χ2v) is 7.54. The van der Waals surface area contributed by atoms with Gasteiger partial charge in [0, 0.05) is 27.4 Å². The van der Waals surface area contributed by atoms with E-state index in [9.17, 15) is 4.79 Å². The SMILES string of the molecule is C#CCN(c1ccc(NSc2ccccc2)c2ccccc12)C(C)CC(=O)OC. The highest BCUT2D eigenvalue weighted by molar-refractivity contribution is 8.00. The van der Waals surface area contributed by atoms with Crippen LogP contribution in [-0.4, -0.2) is 25.7 Å². The Balaban J connectivity index is 1.94. The monoisotopic (exact) mass is 404 g/mol. The minimum atomic E-state index is -0.249. The Labute approximate surface area is 176 Å². The zero-order chi connectivity index (χ0) is 20.6. The topological polar surface area (TPSA) is 41.6 Å². The standard InChI is InChI=1S/C24H24N2O2S/c1-4-16-26(18(2)17-24(27)28-3)23-15-14-22(20-12-8-9-13-21(20)23)25-29-19-10-6-5-7-11-19/h1,5-15,18,25H,16-17H2,2-3H3. The second-order valence-electron chi connectivity index (χ2n) is 6.66. The van der Waals surface area contributed by atoms with Gasteiger partial charge in [-0.25, -0.2) is 0 Å². The predicted molar refractivity (Wildman–Crippen MR) is 122 cm³/mol. The van der Waals surface area contributed by atoms with Crippen LogP contribution < -0.4 is 9.62 Å². The maximum Gasteiger partial charge on any atom is 0.307 e. The Morgan fingerprint density at radius 2 is 1.79 bits per heavy atom. The molecular formula is C24H24N2O2S. The molecule has 3 aromatic rings. The predicted octanol–water partition coefficient (Wildman–Crippen LogP) is 5.35. The first-order valence-electron chi connectivity index (χ1n) is 9.40. The van der Waals surface area contributed by atoms with Crippen LogP contribution in [-0.2, 0) is 9.53 Å². The summed E-state index contributed by atoms with van der Waals surface area (Å²) in [5.41, 5.74) is 2.03.